The van der Waals surface area contributed by atoms with E-state index >= 15 is 0 Å². The van der Waals surface area contributed by atoms with Gasteiger partial charge in [-0.05, 0) is 65.7 Å². The summed E-state index contributed by atoms with van der Waals surface area (Å²) in [5.74, 6) is -0.577. The molecule has 0 fully saturated rings. The highest BCUT2D eigenvalue weighted by Crippen LogP contribution is 2.32. The van der Waals surface area contributed by atoms with Gasteiger partial charge in [-0.3, -0.25) is 9.78 Å². The Morgan fingerprint density at radius 1 is 0.833 bits per heavy atom. The first kappa shape index (κ1) is 25.1. The Morgan fingerprint density at radius 3 is 2.14 bits per heavy atom. The number of amides is 1. The number of alkyl halides is 3. The lowest BCUT2D eigenvalue weighted by Gasteiger charge is -2.12. The van der Waals surface area contributed by atoms with Crippen LogP contribution in [0.3, 0.4) is 0 Å². The number of carbonyl (C=O) groups excluding carboxylic acids is 1. The van der Waals surface area contributed by atoms with Gasteiger partial charge in [-0.2, -0.15) is 13.2 Å². The lowest BCUT2D eigenvalue weighted by Crippen LogP contribution is -2.14. The summed E-state index contributed by atoms with van der Waals surface area (Å²) >= 11 is 0. The molecule has 1 N–H and O–H groups in total. The van der Waals surface area contributed by atoms with Crippen LogP contribution in [0.4, 0.5) is 18.9 Å². The number of anilines is 1. The molecule has 0 unspecified atom stereocenters. The maximum Gasteiger partial charge on any atom is 0.416 e. The van der Waals surface area contributed by atoms with E-state index in [0.717, 1.165) is 12.1 Å². The first-order chi connectivity index (χ1) is 17.1. The summed E-state index contributed by atoms with van der Waals surface area (Å²) in [6.45, 7) is 0. The standard InChI is InChI=1S/C27H21F3N2O3S/c28-27(29,30)20-10-8-19(9-11-20)24-6-1-2-7-25(24)26(33)32-22-12-14-23(15-13-22)36(34,35)18-16-21-5-3-4-17-31-21/h1-15,17H,16,18H2,(H,32,33). The molecule has 1 heterocycles. The Hall–Kier alpha value is -3.98. The van der Waals surface area contributed by atoms with Gasteiger partial charge in [-0.25, -0.2) is 8.42 Å². The molecule has 9 heteroatoms. The van der Waals surface area contributed by atoms with Crippen molar-refractivity contribution in [3.63, 3.8) is 0 Å². The van der Waals surface area contributed by atoms with Crippen LogP contribution in [0.2, 0.25) is 0 Å². The van der Waals surface area contributed by atoms with Gasteiger partial charge in [0.15, 0.2) is 9.84 Å². The Morgan fingerprint density at radius 2 is 1.50 bits per heavy atom. The van der Waals surface area contributed by atoms with E-state index in [-0.39, 0.29) is 22.6 Å². The van der Waals surface area contributed by atoms with Crippen molar-refractivity contribution in [2.75, 3.05) is 11.1 Å². The van der Waals surface area contributed by atoms with Gasteiger partial charge in [-0.15, -0.1) is 0 Å². The molecule has 5 nitrogen and oxygen atoms in total. The van der Waals surface area contributed by atoms with Crippen molar-refractivity contribution in [3.05, 3.63) is 114 Å². The van der Waals surface area contributed by atoms with Gasteiger partial charge < -0.3 is 5.32 Å². The van der Waals surface area contributed by atoms with E-state index < -0.39 is 27.5 Å². The number of rotatable bonds is 7. The van der Waals surface area contributed by atoms with E-state index in [1.165, 1.54) is 36.4 Å². The first-order valence-corrected chi connectivity index (χ1v) is 12.6. The highest BCUT2D eigenvalue weighted by molar-refractivity contribution is 7.91. The molecule has 1 amide bonds. The lowest BCUT2D eigenvalue weighted by molar-refractivity contribution is -0.137. The number of benzene rings is 3. The first-order valence-electron chi connectivity index (χ1n) is 10.9. The molecule has 0 bridgehead atoms. The van der Waals surface area contributed by atoms with Crippen LogP contribution < -0.4 is 5.32 Å². The summed E-state index contributed by atoms with van der Waals surface area (Å²) in [5, 5.41) is 2.72. The predicted molar refractivity (Wildman–Crippen MR) is 131 cm³/mol. The molecule has 0 aliphatic rings. The zero-order valence-corrected chi connectivity index (χ0v) is 19.7. The molecule has 36 heavy (non-hydrogen) atoms. The van der Waals surface area contributed by atoms with E-state index in [1.54, 1.807) is 48.7 Å². The second-order valence-corrected chi connectivity index (χ2v) is 10.1. The largest absolute Gasteiger partial charge is 0.416 e. The Labute approximate surface area is 206 Å². The number of hydrogen-bond acceptors (Lipinski definition) is 4. The third-order valence-electron chi connectivity index (χ3n) is 5.52. The smallest absolute Gasteiger partial charge is 0.322 e. The molecule has 3 aromatic carbocycles. The molecule has 184 valence electrons. The number of pyridine rings is 1. The maximum absolute atomic E-state index is 13.0. The van der Waals surface area contributed by atoms with Crippen molar-refractivity contribution in [1.29, 1.82) is 0 Å². The van der Waals surface area contributed by atoms with Gasteiger partial charge in [0.25, 0.3) is 5.91 Å². The molecule has 4 rings (SSSR count). The molecule has 0 radical (unpaired) electrons. The van der Waals surface area contributed by atoms with Crippen LogP contribution >= 0.6 is 0 Å². The molecular weight excluding hydrogens is 489 g/mol. The zero-order valence-electron chi connectivity index (χ0n) is 18.9. The zero-order chi connectivity index (χ0) is 25.8. The van der Waals surface area contributed by atoms with Gasteiger partial charge in [0.1, 0.15) is 0 Å². The SMILES string of the molecule is O=C(Nc1ccc(S(=O)(=O)CCc2ccccn2)cc1)c1ccccc1-c1ccc(C(F)(F)F)cc1. The van der Waals surface area contributed by atoms with Crippen LogP contribution in [0.5, 0.6) is 0 Å². The van der Waals surface area contributed by atoms with Crippen molar-refractivity contribution in [2.45, 2.75) is 17.5 Å². The van der Waals surface area contributed by atoms with Crippen molar-refractivity contribution in [3.8, 4) is 11.1 Å². The number of aromatic nitrogens is 1. The fraction of sp³-hybridized carbons (Fsp3) is 0.111. The molecule has 0 aliphatic heterocycles. The Bertz CT molecular complexity index is 1450. The number of nitrogens with one attached hydrogen (secondary N) is 1. The minimum atomic E-state index is -4.45. The number of carbonyl (C=O) groups is 1. The Balaban J connectivity index is 1.48. The molecule has 0 atom stereocenters. The maximum atomic E-state index is 13.0. The average Bonchev–Trinajstić information content (AvgIpc) is 2.88. The molecule has 0 aliphatic carbocycles. The van der Waals surface area contributed by atoms with Crippen LogP contribution in [0.25, 0.3) is 11.1 Å². The van der Waals surface area contributed by atoms with Crippen molar-refractivity contribution in [2.24, 2.45) is 0 Å². The second-order valence-electron chi connectivity index (χ2n) is 7.99. The van der Waals surface area contributed by atoms with Crippen molar-refractivity contribution in [1.82, 2.24) is 4.98 Å². The fourth-order valence-electron chi connectivity index (χ4n) is 3.62. The lowest BCUT2D eigenvalue weighted by atomic mass is 9.98. The summed E-state index contributed by atoms with van der Waals surface area (Å²) in [5.41, 5.74) is 1.48. The summed E-state index contributed by atoms with van der Waals surface area (Å²) in [7, 11) is -3.55. The highest BCUT2D eigenvalue weighted by Gasteiger charge is 2.30. The molecule has 0 saturated carbocycles. The van der Waals surface area contributed by atoms with E-state index in [9.17, 15) is 26.4 Å². The van der Waals surface area contributed by atoms with E-state index in [2.05, 4.69) is 10.3 Å². The predicted octanol–water partition coefficient (Wildman–Crippen LogP) is 6.04. The minimum Gasteiger partial charge on any atom is -0.322 e. The van der Waals surface area contributed by atoms with Gasteiger partial charge in [0.05, 0.1) is 16.2 Å². The third kappa shape index (κ3) is 5.98. The van der Waals surface area contributed by atoms with Crippen LogP contribution in [0.1, 0.15) is 21.6 Å². The van der Waals surface area contributed by atoms with Crippen molar-refractivity contribution >= 4 is 21.4 Å². The molecule has 4 aromatic rings. The van der Waals surface area contributed by atoms with Crippen LogP contribution in [-0.2, 0) is 22.4 Å². The molecule has 0 spiro atoms. The highest BCUT2D eigenvalue weighted by atomic mass is 32.2. The van der Waals surface area contributed by atoms with Gasteiger partial charge in [0.2, 0.25) is 0 Å². The molecule has 0 saturated heterocycles. The topological polar surface area (TPSA) is 76.1 Å². The van der Waals surface area contributed by atoms with Crippen LogP contribution in [0, 0.1) is 0 Å². The average molecular weight is 511 g/mol. The number of hydrogen-bond donors (Lipinski definition) is 1. The van der Waals surface area contributed by atoms with E-state index in [1.807, 2.05) is 0 Å². The quantitative estimate of drug-likeness (QED) is 0.329. The molecular formula is C27H21F3N2O3S. The Kier molecular flexibility index (Phi) is 7.21. The number of nitrogens with zero attached hydrogens (tertiary/aromatic N) is 1. The summed E-state index contributed by atoms with van der Waals surface area (Å²) in [6, 6.07) is 22.3. The minimum absolute atomic E-state index is 0.101. The van der Waals surface area contributed by atoms with Crippen LogP contribution in [-0.4, -0.2) is 25.1 Å². The van der Waals surface area contributed by atoms with E-state index in [0.29, 0.717) is 22.5 Å². The third-order valence-corrected chi connectivity index (χ3v) is 7.25. The normalized spacial score (nSPS) is 11.8. The van der Waals surface area contributed by atoms with Crippen molar-refractivity contribution < 1.29 is 26.4 Å². The van der Waals surface area contributed by atoms with Gasteiger partial charge in [-0.1, -0.05) is 36.4 Å². The van der Waals surface area contributed by atoms with Gasteiger partial charge in [0, 0.05) is 29.6 Å². The summed E-state index contributed by atoms with van der Waals surface area (Å²) in [6.07, 6.45) is -2.56. The number of aryl methyl sites for hydroxylation is 1. The fourth-order valence-corrected chi connectivity index (χ4v) is 4.88. The van der Waals surface area contributed by atoms with Gasteiger partial charge >= 0.3 is 6.18 Å². The van der Waals surface area contributed by atoms with Crippen LogP contribution in [0.15, 0.2) is 102 Å². The summed E-state index contributed by atoms with van der Waals surface area (Å²) in [4.78, 5) is 17.2. The number of sulfone groups is 1. The number of halogens is 3. The monoisotopic (exact) mass is 510 g/mol. The summed E-state index contributed by atoms with van der Waals surface area (Å²) < 4.78 is 64.0. The molecule has 1 aromatic heterocycles. The van der Waals surface area contributed by atoms with E-state index in [4.69, 9.17) is 0 Å². The second kappa shape index (κ2) is 10.3.